The molecule has 2 nitrogen and oxygen atoms in total. The van der Waals surface area contributed by atoms with Gasteiger partial charge in [0.15, 0.2) is 0 Å². The zero-order valence-electron chi connectivity index (χ0n) is 8.55. The van der Waals surface area contributed by atoms with Crippen LogP contribution in [0.4, 0.5) is 0 Å². The minimum Gasteiger partial charge on any atom is -0.331 e. The molecule has 0 aromatic carbocycles. The molecule has 0 aromatic rings. The average molecular weight is 168 g/mol. The van der Waals surface area contributed by atoms with Gasteiger partial charge in [-0.3, -0.25) is 0 Å². The van der Waals surface area contributed by atoms with Crippen molar-refractivity contribution in [3.63, 3.8) is 0 Å². The fourth-order valence-electron chi connectivity index (χ4n) is 1.94. The van der Waals surface area contributed by atoms with Crippen LogP contribution in [0.1, 0.15) is 33.1 Å². The molecule has 1 heterocycles. The van der Waals surface area contributed by atoms with Gasteiger partial charge in [-0.15, -0.1) is 0 Å². The summed E-state index contributed by atoms with van der Waals surface area (Å²) in [7, 11) is 1.21. The predicted molar refractivity (Wildman–Crippen MR) is 55.5 cm³/mol. The Labute approximate surface area is 77.2 Å². The molecule has 0 spiro atoms. The number of rotatable bonds is 4. The van der Waals surface area contributed by atoms with Crippen LogP contribution in [0.3, 0.4) is 0 Å². The highest BCUT2D eigenvalue weighted by Gasteiger charge is 2.17. The first-order valence-corrected chi connectivity index (χ1v) is 5.31. The Morgan fingerprint density at radius 1 is 1.00 bits per heavy atom. The first-order valence-electron chi connectivity index (χ1n) is 5.31. The predicted octanol–water partition coefficient (Wildman–Crippen LogP) is 1.08. The van der Waals surface area contributed by atoms with Crippen molar-refractivity contribution in [2.75, 3.05) is 26.2 Å². The van der Waals surface area contributed by atoms with Gasteiger partial charge in [0.25, 0.3) is 7.55 Å². The van der Waals surface area contributed by atoms with Crippen LogP contribution >= 0.6 is 0 Å². The molecule has 1 aliphatic heterocycles. The molecular formula is C9H21BN2. The van der Waals surface area contributed by atoms with Gasteiger partial charge in [0, 0.05) is 0 Å². The number of nitrogens with zero attached hydrogens (tertiary/aromatic N) is 2. The summed E-state index contributed by atoms with van der Waals surface area (Å²) in [6.45, 7) is 9.71. The molecular weight excluding hydrogens is 147 g/mol. The summed E-state index contributed by atoms with van der Waals surface area (Å²) in [6.07, 6.45) is 3.94. The summed E-state index contributed by atoms with van der Waals surface area (Å²) in [6, 6.07) is 0. The van der Waals surface area contributed by atoms with E-state index in [9.17, 15) is 0 Å². The van der Waals surface area contributed by atoms with E-state index in [1.165, 1.54) is 53.0 Å². The first kappa shape index (κ1) is 10.1. The number of hydrogen-bond acceptors (Lipinski definition) is 2. The minimum atomic E-state index is 1.21. The molecule has 1 rings (SSSR count). The van der Waals surface area contributed by atoms with Crippen molar-refractivity contribution in [2.45, 2.75) is 33.1 Å². The maximum atomic E-state index is 2.57. The minimum absolute atomic E-state index is 1.21. The third kappa shape index (κ3) is 3.15. The molecule has 0 bridgehead atoms. The molecule has 0 amide bonds. The molecule has 0 N–H and O–H groups in total. The van der Waals surface area contributed by atoms with Crippen LogP contribution in [-0.2, 0) is 0 Å². The fourth-order valence-corrected chi connectivity index (χ4v) is 1.94. The summed E-state index contributed by atoms with van der Waals surface area (Å²) >= 11 is 0. The van der Waals surface area contributed by atoms with E-state index >= 15 is 0 Å². The molecule has 1 saturated heterocycles. The van der Waals surface area contributed by atoms with E-state index in [1.54, 1.807) is 0 Å². The van der Waals surface area contributed by atoms with Gasteiger partial charge in [-0.2, -0.15) is 0 Å². The van der Waals surface area contributed by atoms with Crippen molar-refractivity contribution in [2.24, 2.45) is 0 Å². The van der Waals surface area contributed by atoms with Crippen LogP contribution in [0, 0.1) is 0 Å². The van der Waals surface area contributed by atoms with Gasteiger partial charge >= 0.3 is 0 Å². The fraction of sp³-hybridized carbons (Fsp3) is 1.00. The van der Waals surface area contributed by atoms with E-state index in [2.05, 4.69) is 23.5 Å². The Balaban J connectivity index is 2.20. The lowest BCUT2D eigenvalue weighted by Crippen LogP contribution is -2.48. The van der Waals surface area contributed by atoms with E-state index in [4.69, 9.17) is 0 Å². The Bertz CT molecular complexity index is 103. The van der Waals surface area contributed by atoms with E-state index in [0.717, 1.165) is 0 Å². The summed E-state index contributed by atoms with van der Waals surface area (Å²) in [4.78, 5) is 5.14. The molecule has 0 unspecified atom stereocenters. The normalized spacial score (nSPS) is 20.8. The molecule has 3 heteroatoms. The van der Waals surface area contributed by atoms with E-state index in [1.807, 2.05) is 0 Å². The Hall–Kier alpha value is -0.0151. The van der Waals surface area contributed by atoms with E-state index < -0.39 is 0 Å². The SMILES string of the molecule is CCCN1BN(CCC)CCC1. The molecule has 12 heavy (non-hydrogen) atoms. The standard InChI is InChI=1S/C9H21BN2/c1-3-6-11-8-5-9-12(10-11)7-4-2/h10H,3-9H2,1-2H3. The first-order chi connectivity index (χ1) is 5.86. The van der Waals surface area contributed by atoms with Crippen molar-refractivity contribution in [1.82, 2.24) is 9.62 Å². The van der Waals surface area contributed by atoms with Crippen LogP contribution in [0.2, 0.25) is 0 Å². The third-order valence-corrected chi connectivity index (χ3v) is 2.43. The molecule has 0 aromatic heterocycles. The van der Waals surface area contributed by atoms with Gasteiger partial charge < -0.3 is 9.62 Å². The second-order valence-corrected chi connectivity index (χ2v) is 3.73. The lowest BCUT2D eigenvalue weighted by Gasteiger charge is -2.34. The highest BCUT2D eigenvalue weighted by Crippen LogP contribution is 2.04. The molecule has 0 atom stereocenters. The van der Waals surface area contributed by atoms with Crippen LogP contribution < -0.4 is 0 Å². The third-order valence-electron chi connectivity index (χ3n) is 2.43. The van der Waals surface area contributed by atoms with Crippen molar-refractivity contribution in [1.29, 1.82) is 0 Å². The molecule has 0 radical (unpaired) electrons. The second-order valence-electron chi connectivity index (χ2n) is 3.73. The van der Waals surface area contributed by atoms with Gasteiger partial charge in [-0.1, -0.05) is 13.8 Å². The molecule has 0 saturated carbocycles. The highest BCUT2D eigenvalue weighted by molar-refractivity contribution is 6.28. The Morgan fingerprint density at radius 2 is 1.50 bits per heavy atom. The van der Waals surface area contributed by atoms with E-state index in [-0.39, 0.29) is 0 Å². The van der Waals surface area contributed by atoms with Gasteiger partial charge in [0.05, 0.1) is 0 Å². The summed E-state index contributed by atoms with van der Waals surface area (Å²) in [5, 5.41) is 0. The number of hydrogen-bond donors (Lipinski definition) is 0. The lowest BCUT2D eigenvalue weighted by molar-refractivity contribution is 0.298. The molecule has 1 aliphatic rings. The van der Waals surface area contributed by atoms with Crippen LogP contribution in [0.5, 0.6) is 0 Å². The Kier molecular flexibility index (Phi) is 4.70. The topological polar surface area (TPSA) is 6.48 Å². The van der Waals surface area contributed by atoms with Gasteiger partial charge in [-0.05, 0) is 45.4 Å². The van der Waals surface area contributed by atoms with E-state index in [0.29, 0.717) is 0 Å². The van der Waals surface area contributed by atoms with Crippen LogP contribution in [-0.4, -0.2) is 43.4 Å². The monoisotopic (exact) mass is 168 g/mol. The zero-order valence-corrected chi connectivity index (χ0v) is 8.55. The molecule has 70 valence electrons. The summed E-state index contributed by atoms with van der Waals surface area (Å²) in [5.74, 6) is 0. The maximum Gasteiger partial charge on any atom is 0.291 e. The highest BCUT2D eigenvalue weighted by atomic mass is 15.2. The summed E-state index contributed by atoms with van der Waals surface area (Å²) < 4.78 is 0. The van der Waals surface area contributed by atoms with Gasteiger partial charge in [0.1, 0.15) is 0 Å². The van der Waals surface area contributed by atoms with Crippen molar-refractivity contribution >= 4 is 7.55 Å². The Morgan fingerprint density at radius 3 is 1.92 bits per heavy atom. The average Bonchev–Trinajstić information content (AvgIpc) is 2.06. The molecule has 1 fully saturated rings. The molecule has 0 aliphatic carbocycles. The summed E-state index contributed by atoms with van der Waals surface area (Å²) in [5.41, 5.74) is 0. The quantitative estimate of drug-likeness (QED) is 0.579. The second kappa shape index (κ2) is 5.60. The van der Waals surface area contributed by atoms with Crippen LogP contribution in [0.15, 0.2) is 0 Å². The van der Waals surface area contributed by atoms with Crippen LogP contribution in [0.25, 0.3) is 0 Å². The van der Waals surface area contributed by atoms with Crippen molar-refractivity contribution < 1.29 is 0 Å². The maximum absolute atomic E-state index is 2.57. The van der Waals surface area contributed by atoms with Crippen molar-refractivity contribution in [3.05, 3.63) is 0 Å². The van der Waals surface area contributed by atoms with Gasteiger partial charge in [0.2, 0.25) is 0 Å². The largest absolute Gasteiger partial charge is 0.331 e. The van der Waals surface area contributed by atoms with Gasteiger partial charge in [-0.25, -0.2) is 0 Å². The lowest BCUT2D eigenvalue weighted by atomic mass is 9.97. The van der Waals surface area contributed by atoms with Crippen molar-refractivity contribution in [3.8, 4) is 0 Å². The smallest absolute Gasteiger partial charge is 0.291 e. The zero-order chi connectivity index (χ0) is 8.81.